The normalized spacial score (nSPS) is 8.00. The van der Waals surface area contributed by atoms with E-state index in [2.05, 4.69) is 41.6 Å². The smallest absolute Gasteiger partial charge is 0.0621 e. The van der Waals surface area contributed by atoms with Crippen LogP contribution in [0.4, 0.5) is 0 Å². The zero-order valence-corrected chi connectivity index (χ0v) is 11.5. The predicted molar refractivity (Wildman–Crippen MR) is 77.6 cm³/mol. The van der Waals surface area contributed by atoms with E-state index in [0.717, 1.165) is 51.4 Å². The first-order valence-electron chi connectivity index (χ1n) is 6.85. The van der Waals surface area contributed by atoms with Crippen molar-refractivity contribution in [3.8, 4) is 41.6 Å². The lowest BCUT2D eigenvalue weighted by Crippen LogP contribution is -1.82. The van der Waals surface area contributed by atoms with Crippen molar-refractivity contribution in [3.63, 3.8) is 0 Å². The zero-order chi connectivity index (χ0) is 14.0. The topological polar surface area (TPSA) is 44.0 Å². The highest BCUT2D eigenvalue weighted by atomic mass is 16.2. The second kappa shape index (κ2) is 16.1. The van der Waals surface area contributed by atoms with Gasteiger partial charge in [-0.25, -0.2) is 0 Å². The largest absolute Gasteiger partial charge is 0.396 e. The molecule has 0 atom stereocenters. The van der Waals surface area contributed by atoms with Crippen molar-refractivity contribution in [2.75, 3.05) is 6.61 Å². The molecular formula is C17H21NO. The first-order chi connectivity index (χ1) is 9.41. The molecule has 0 aromatic rings. The van der Waals surface area contributed by atoms with Gasteiger partial charge in [-0.15, -0.1) is 0 Å². The molecule has 0 bridgehead atoms. The number of aliphatic hydroxyl groups is 1. The Morgan fingerprint density at radius 2 is 1.16 bits per heavy atom. The van der Waals surface area contributed by atoms with Gasteiger partial charge in [-0.05, 0) is 49.4 Å². The average Bonchev–Trinajstić information content (AvgIpc) is 2.43. The minimum absolute atomic E-state index is 0.284. The molecule has 1 N–H and O–H groups in total. The van der Waals surface area contributed by atoms with Gasteiger partial charge in [-0.3, -0.25) is 0 Å². The Labute approximate surface area is 117 Å². The summed E-state index contributed by atoms with van der Waals surface area (Å²) < 4.78 is 0. The SMILES string of the molecule is N#CCCCCC#CC#CC#CCCCCCCO. The van der Waals surface area contributed by atoms with Crippen LogP contribution in [-0.2, 0) is 0 Å². The predicted octanol–water partition coefficient (Wildman–Crippen LogP) is 3.02. The van der Waals surface area contributed by atoms with E-state index < -0.39 is 0 Å². The second-order valence-corrected chi connectivity index (χ2v) is 4.11. The second-order valence-electron chi connectivity index (χ2n) is 4.11. The van der Waals surface area contributed by atoms with E-state index in [9.17, 15) is 0 Å². The Bertz CT molecular complexity index is 426. The molecule has 0 rings (SSSR count). The van der Waals surface area contributed by atoms with Crippen LogP contribution in [0.5, 0.6) is 0 Å². The van der Waals surface area contributed by atoms with E-state index in [1.807, 2.05) is 0 Å². The monoisotopic (exact) mass is 255 g/mol. The van der Waals surface area contributed by atoms with Crippen LogP contribution >= 0.6 is 0 Å². The van der Waals surface area contributed by atoms with Crippen LogP contribution in [0.3, 0.4) is 0 Å². The van der Waals surface area contributed by atoms with Crippen LogP contribution in [0.15, 0.2) is 0 Å². The summed E-state index contributed by atoms with van der Waals surface area (Å²) in [6, 6.07) is 2.11. The van der Waals surface area contributed by atoms with Crippen LogP contribution in [0.2, 0.25) is 0 Å². The molecule has 0 aliphatic rings. The first-order valence-corrected chi connectivity index (χ1v) is 6.85. The third kappa shape index (κ3) is 16.1. The molecule has 100 valence electrons. The third-order valence-corrected chi connectivity index (χ3v) is 2.41. The van der Waals surface area contributed by atoms with Crippen LogP contribution in [-0.4, -0.2) is 11.7 Å². The summed E-state index contributed by atoms with van der Waals surface area (Å²) in [4.78, 5) is 0. The molecule has 2 heteroatoms. The van der Waals surface area contributed by atoms with E-state index in [4.69, 9.17) is 10.4 Å². The molecule has 2 nitrogen and oxygen atoms in total. The highest BCUT2D eigenvalue weighted by Gasteiger charge is 1.86. The molecule has 0 heterocycles. The summed E-state index contributed by atoms with van der Waals surface area (Å²) in [5.74, 6) is 16.9. The summed E-state index contributed by atoms with van der Waals surface area (Å²) in [7, 11) is 0. The van der Waals surface area contributed by atoms with Crippen molar-refractivity contribution in [2.45, 2.75) is 57.8 Å². The molecule has 0 aromatic carbocycles. The maximum atomic E-state index is 8.60. The molecule has 0 radical (unpaired) electrons. The fraction of sp³-hybridized carbons (Fsp3) is 0.588. The van der Waals surface area contributed by atoms with Crippen molar-refractivity contribution in [1.29, 1.82) is 5.26 Å². The molecule has 0 saturated heterocycles. The van der Waals surface area contributed by atoms with E-state index in [1.165, 1.54) is 0 Å². The maximum Gasteiger partial charge on any atom is 0.0621 e. The summed E-state index contributed by atoms with van der Waals surface area (Å²) in [5.41, 5.74) is 0. The van der Waals surface area contributed by atoms with Crippen molar-refractivity contribution >= 4 is 0 Å². The molecule has 0 saturated carbocycles. The van der Waals surface area contributed by atoms with Crippen molar-refractivity contribution in [3.05, 3.63) is 0 Å². The summed E-state index contributed by atoms with van der Waals surface area (Å²) in [5, 5.41) is 16.9. The Morgan fingerprint density at radius 3 is 1.74 bits per heavy atom. The van der Waals surface area contributed by atoms with Crippen LogP contribution in [0, 0.1) is 46.9 Å². The molecule has 19 heavy (non-hydrogen) atoms. The van der Waals surface area contributed by atoms with E-state index in [1.54, 1.807) is 0 Å². The van der Waals surface area contributed by atoms with Crippen molar-refractivity contribution in [2.24, 2.45) is 0 Å². The van der Waals surface area contributed by atoms with Gasteiger partial charge in [0.25, 0.3) is 0 Å². The number of unbranched alkanes of at least 4 members (excludes halogenated alkanes) is 7. The van der Waals surface area contributed by atoms with E-state index in [0.29, 0.717) is 6.42 Å². The molecule has 0 aliphatic heterocycles. The molecule has 0 fully saturated rings. The maximum absolute atomic E-state index is 8.60. The van der Waals surface area contributed by atoms with Gasteiger partial charge in [0.2, 0.25) is 0 Å². The van der Waals surface area contributed by atoms with Gasteiger partial charge in [-0.2, -0.15) is 5.26 Å². The molecule has 0 amide bonds. The summed E-state index contributed by atoms with van der Waals surface area (Å²) in [6.45, 7) is 0.284. The third-order valence-electron chi connectivity index (χ3n) is 2.41. The van der Waals surface area contributed by atoms with Gasteiger partial charge in [-0.1, -0.05) is 24.7 Å². The number of nitrogens with zero attached hydrogens (tertiary/aromatic N) is 1. The lowest BCUT2D eigenvalue weighted by atomic mass is 10.1. The minimum atomic E-state index is 0.284. The highest BCUT2D eigenvalue weighted by Crippen LogP contribution is 2.00. The van der Waals surface area contributed by atoms with Gasteiger partial charge in [0.1, 0.15) is 0 Å². The van der Waals surface area contributed by atoms with Crippen molar-refractivity contribution in [1.82, 2.24) is 0 Å². The summed E-state index contributed by atoms with van der Waals surface area (Å²) in [6.07, 6.45) is 8.28. The number of aliphatic hydroxyl groups excluding tert-OH is 1. The van der Waals surface area contributed by atoms with Gasteiger partial charge >= 0.3 is 0 Å². The van der Waals surface area contributed by atoms with Crippen molar-refractivity contribution < 1.29 is 5.11 Å². The molecule has 0 unspecified atom stereocenters. The lowest BCUT2D eigenvalue weighted by Gasteiger charge is -1.93. The average molecular weight is 255 g/mol. The standard InChI is InChI=1S/C17H21NO/c18-16-14-12-10-8-6-4-2-1-3-5-7-9-11-13-15-17-19/h19H,7-15,17H2. The van der Waals surface area contributed by atoms with Crippen LogP contribution < -0.4 is 0 Å². The summed E-state index contributed by atoms with van der Waals surface area (Å²) >= 11 is 0. The zero-order valence-electron chi connectivity index (χ0n) is 11.5. The number of hydrogen-bond acceptors (Lipinski definition) is 2. The Morgan fingerprint density at radius 1 is 0.632 bits per heavy atom. The highest BCUT2D eigenvalue weighted by molar-refractivity contribution is 5.35. The Hall–Kier alpha value is -1.87. The number of hydrogen-bond donors (Lipinski definition) is 1. The molecule has 0 spiro atoms. The fourth-order valence-corrected chi connectivity index (χ4v) is 1.37. The lowest BCUT2D eigenvalue weighted by molar-refractivity contribution is 0.282. The minimum Gasteiger partial charge on any atom is -0.396 e. The quantitative estimate of drug-likeness (QED) is 0.535. The van der Waals surface area contributed by atoms with Gasteiger partial charge in [0.05, 0.1) is 6.07 Å². The van der Waals surface area contributed by atoms with Gasteiger partial charge < -0.3 is 5.11 Å². The first kappa shape index (κ1) is 17.1. The number of nitriles is 1. The van der Waals surface area contributed by atoms with Crippen LogP contribution in [0.1, 0.15) is 57.8 Å². The number of rotatable bonds is 8. The molecule has 0 aromatic heterocycles. The van der Waals surface area contributed by atoms with Gasteiger partial charge in [0.15, 0.2) is 0 Å². The fourth-order valence-electron chi connectivity index (χ4n) is 1.37. The van der Waals surface area contributed by atoms with E-state index >= 15 is 0 Å². The van der Waals surface area contributed by atoms with E-state index in [-0.39, 0.29) is 6.61 Å². The Balaban J connectivity index is 3.48. The van der Waals surface area contributed by atoms with Gasteiger partial charge in [0, 0.05) is 25.9 Å². The molecular weight excluding hydrogens is 234 g/mol. The molecule has 0 aliphatic carbocycles. The van der Waals surface area contributed by atoms with Crippen LogP contribution in [0.25, 0.3) is 0 Å². The Kier molecular flexibility index (Phi) is 14.5.